The quantitative estimate of drug-likeness (QED) is 0.275. The monoisotopic (exact) mass is 378 g/mol. The van der Waals surface area contributed by atoms with Gasteiger partial charge in [-0.05, 0) is 36.1 Å². The van der Waals surface area contributed by atoms with Crippen molar-refractivity contribution < 1.29 is 9.72 Å². The van der Waals surface area contributed by atoms with Crippen LogP contribution >= 0.6 is 24.0 Å². The molecule has 1 heterocycles. The van der Waals surface area contributed by atoms with Gasteiger partial charge in [0.2, 0.25) is 0 Å². The number of rotatable bonds is 8. The Morgan fingerprint density at radius 1 is 1.32 bits per heavy atom. The molecule has 1 aliphatic heterocycles. The van der Waals surface area contributed by atoms with Gasteiger partial charge in [0.05, 0.1) is 9.83 Å². The fourth-order valence-corrected chi connectivity index (χ4v) is 3.95. The summed E-state index contributed by atoms with van der Waals surface area (Å²) in [6, 6.07) is 6.15. The lowest BCUT2D eigenvalue weighted by molar-refractivity contribution is -0.384. The second-order valence-electron chi connectivity index (χ2n) is 6.06. The number of carbonyl (C=O) groups is 1. The van der Waals surface area contributed by atoms with Crippen LogP contribution in [0.1, 0.15) is 45.1 Å². The highest BCUT2D eigenvalue weighted by Gasteiger charge is 2.33. The standard InChI is InChI=1S/C18H22N2O3S2/c1-3-5-6-13(4-2)12-19-17(21)16(25-18(19)24)11-14-7-9-15(10-8-14)20(22)23/h7-11,13H,3-6,12H2,1-2H3/b16-11-. The normalized spacial score (nSPS) is 17.4. The molecule has 1 aliphatic rings. The molecule has 1 fully saturated rings. The number of thioether (sulfide) groups is 1. The molecule has 5 nitrogen and oxygen atoms in total. The molecular formula is C18H22N2O3S2. The molecular weight excluding hydrogens is 356 g/mol. The molecule has 25 heavy (non-hydrogen) atoms. The third-order valence-electron chi connectivity index (χ3n) is 4.26. The molecule has 1 saturated heterocycles. The van der Waals surface area contributed by atoms with E-state index in [9.17, 15) is 14.9 Å². The average molecular weight is 379 g/mol. The van der Waals surface area contributed by atoms with Crippen molar-refractivity contribution >= 4 is 46.0 Å². The fraction of sp³-hybridized carbons (Fsp3) is 0.444. The first-order chi connectivity index (χ1) is 12.0. The summed E-state index contributed by atoms with van der Waals surface area (Å²) in [5.74, 6) is 0.393. The van der Waals surface area contributed by atoms with Crippen molar-refractivity contribution in [2.24, 2.45) is 5.92 Å². The maximum Gasteiger partial charge on any atom is 0.269 e. The largest absolute Gasteiger partial charge is 0.293 e. The molecule has 1 unspecified atom stereocenters. The van der Waals surface area contributed by atoms with Crippen LogP contribution in [0.3, 0.4) is 0 Å². The van der Waals surface area contributed by atoms with Gasteiger partial charge in [-0.3, -0.25) is 19.8 Å². The molecule has 0 aromatic heterocycles. The second kappa shape index (κ2) is 9.10. The number of thiocarbonyl (C=S) groups is 1. The van der Waals surface area contributed by atoms with E-state index in [0.29, 0.717) is 21.7 Å². The smallest absolute Gasteiger partial charge is 0.269 e. The van der Waals surface area contributed by atoms with Gasteiger partial charge >= 0.3 is 0 Å². The van der Waals surface area contributed by atoms with E-state index in [0.717, 1.165) is 31.2 Å². The van der Waals surface area contributed by atoms with Crippen LogP contribution in [0.2, 0.25) is 0 Å². The molecule has 1 aromatic rings. The van der Waals surface area contributed by atoms with Crippen LogP contribution in [0.4, 0.5) is 5.69 Å². The first-order valence-corrected chi connectivity index (χ1v) is 9.68. The highest BCUT2D eigenvalue weighted by atomic mass is 32.2. The van der Waals surface area contributed by atoms with Crippen molar-refractivity contribution in [2.75, 3.05) is 6.54 Å². The molecule has 0 aliphatic carbocycles. The molecule has 1 amide bonds. The highest BCUT2D eigenvalue weighted by Crippen LogP contribution is 2.34. The Labute approximate surface area is 157 Å². The van der Waals surface area contributed by atoms with Crippen LogP contribution in [0, 0.1) is 16.0 Å². The van der Waals surface area contributed by atoms with Gasteiger partial charge in [-0.15, -0.1) is 0 Å². The van der Waals surface area contributed by atoms with Gasteiger partial charge in [-0.2, -0.15) is 0 Å². The maximum atomic E-state index is 12.7. The van der Waals surface area contributed by atoms with E-state index in [-0.39, 0.29) is 11.6 Å². The van der Waals surface area contributed by atoms with E-state index >= 15 is 0 Å². The number of nitrogens with zero attached hydrogens (tertiary/aromatic N) is 2. The zero-order chi connectivity index (χ0) is 18.4. The van der Waals surface area contributed by atoms with E-state index in [4.69, 9.17) is 12.2 Å². The number of carbonyl (C=O) groups excluding carboxylic acids is 1. The number of nitro groups is 1. The predicted molar refractivity (Wildman–Crippen MR) is 106 cm³/mol. The van der Waals surface area contributed by atoms with E-state index in [2.05, 4.69) is 13.8 Å². The Morgan fingerprint density at radius 2 is 2.00 bits per heavy atom. The summed E-state index contributed by atoms with van der Waals surface area (Å²) in [6.07, 6.45) is 6.18. The molecule has 0 radical (unpaired) electrons. The number of hydrogen-bond acceptors (Lipinski definition) is 5. The zero-order valence-electron chi connectivity index (χ0n) is 14.4. The Balaban J connectivity index is 2.10. The van der Waals surface area contributed by atoms with Gasteiger partial charge in [-0.1, -0.05) is 57.1 Å². The maximum absolute atomic E-state index is 12.7. The van der Waals surface area contributed by atoms with Crippen LogP contribution < -0.4 is 0 Å². The molecule has 134 valence electrons. The van der Waals surface area contributed by atoms with Gasteiger partial charge in [-0.25, -0.2) is 0 Å². The molecule has 0 N–H and O–H groups in total. The molecule has 1 atom stereocenters. The van der Waals surface area contributed by atoms with Crippen LogP contribution in [0.5, 0.6) is 0 Å². The Bertz CT molecular complexity index is 686. The molecule has 0 saturated carbocycles. The van der Waals surface area contributed by atoms with Crippen molar-refractivity contribution in [3.8, 4) is 0 Å². The van der Waals surface area contributed by atoms with E-state index in [1.54, 1.807) is 23.1 Å². The lowest BCUT2D eigenvalue weighted by Crippen LogP contribution is -2.33. The number of amides is 1. The number of hydrogen-bond donors (Lipinski definition) is 0. The van der Waals surface area contributed by atoms with Crippen molar-refractivity contribution in [2.45, 2.75) is 39.5 Å². The molecule has 7 heteroatoms. The summed E-state index contributed by atoms with van der Waals surface area (Å²) in [6.45, 7) is 4.97. The number of nitro benzene ring substituents is 1. The number of unbranched alkanes of at least 4 members (excludes halogenated alkanes) is 1. The Morgan fingerprint density at radius 3 is 2.56 bits per heavy atom. The third-order valence-corrected chi connectivity index (χ3v) is 5.64. The summed E-state index contributed by atoms with van der Waals surface area (Å²) >= 11 is 6.68. The van der Waals surface area contributed by atoms with Crippen LogP contribution in [-0.4, -0.2) is 26.6 Å². The summed E-state index contributed by atoms with van der Waals surface area (Å²) in [5.41, 5.74) is 0.788. The summed E-state index contributed by atoms with van der Waals surface area (Å²) in [4.78, 5) is 25.2. The second-order valence-corrected chi connectivity index (χ2v) is 7.73. The van der Waals surface area contributed by atoms with Crippen LogP contribution in [0.15, 0.2) is 29.2 Å². The number of benzene rings is 1. The minimum Gasteiger partial charge on any atom is -0.293 e. The summed E-state index contributed by atoms with van der Waals surface area (Å²) in [7, 11) is 0. The minimum atomic E-state index is -0.440. The van der Waals surface area contributed by atoms with E-state index < -0.39 is 4.92 Å². The van der Waals surface area contributed by atoms with Crippen LogP contribution in [-0.2, 0) is 4.79 Å². The first kappa shape index (κ1) is 19.6. The van der Waals surface area contributed by atoms with Gasteiger partial charge in [0.1, 0.15) is 4.32 Å². The lowest BCUT2D eigenvalue weighted by Gasteiger charge is -2.21. The first-order valence-electron chi connectivity index (χ1n) is 8.46. The average Bonchev–Trinajstić information content (AvgIpc) is 2.86. The highest BCUT2D eigenvalue weighted by molar-refractivity contribution is 8.26. The number of non-ortho nitro benzene ring substituents is 1. The Kier molecular flexibility index (Phi) is 7.13. The van der Waals surface area contributed by atoms with Gasteiger partial charge in [0.25, 0.3) is 11.6 Å². The van der Waals surface area contributed by atoms with Crippen LogP contribution in [0.25, 0.3) is 6.08 Å². The van der Waals surface area contributed by atoms with Crippen molar-refractivity contribution in [3.63, 3.8) is 0 Å². The van der Waals surface area contributed by atoms with E-state index in [1.807, 2.05) is 0 Å². The molecule has 0 bridgehead atoms. The lowest BCUT2D eigenvalue weighted by atomic mass is 9.99. The SMILES string of the molecule is CCCCC(CC)CN1C(=O)/C(=C/c2ccc([N+](=O)[O-])cc2)SC1=S. The Hall–Kier alpha value is -1.73. The van der Waals surface area contributed by atoms with Gasteiger partial charge in [0.15, 0.2) is 0 Å². The zero-order valence-corrected chi connectivity index (χ0v) is 16.1. The van der Waals surface area contributed by atoms with Crippen molar-refractivity contribution in [3.05, 3.63) is 44.8 Å². The third kappa shape index (κ3) is 5.12. The molecule has 0 spiro atoms. The molecule has 2 rings (SSSR count). The van der Waals surface area contributed by atoms with Gasteiger partial charge < -0.3 is 0 Å². The molecule has 1 aromatic carbocycles. The summed E-state index contributed by atoms with van der Waals surface area (Å²) < 4.78 is 0.591. The van der Waals surface area contributed by atoms with E-state index in [1.165, 1.54) is 23.9 Å². The van der Waals surface area contributed by atoms with Crippen molar-refractivity contribution in [1.29, 1.82) is 0 Å². The minimum absolute atomic E-state index is 0.0337. The predicted octanol–water partition coefficient (Wildman–Crippen LogP) is 5.01. The van der Waals surface area contributed by atoms with Crippen molar-refractivity contribution in [1.82, 2.24) is 4.90 Å². The fourth-order valence-electron chi connectivity index (χ4n) is 2.68. The summed E-state index contributed by atoms with van der Waals surface area (Å²) in [5, 5.41) is 10.7. The topological polar surface area (TPSA) is 63.5 Å². The van der Waals surface area contributed by atoms with Gasteiger partial charge in [0, 0.05) is 18.7 Å².